The molecule has 2 aromatic rings. The molecule has 0 atom stereocenters. The molecule has 0 unspecified atom stereocenters. The number of fused-ring (bicyclic) bond motifs is 1. The Kier molecular flexibility index (Phi) is 7.16. The van der Waals surface area contributed by atoms with Gasteiger partial charge in [-0.05, 0) is 54.5 Å². The highest BCUT2D eigenvalue weighted by molar-refractivity contribution is 5.67. The van der Waals surface area contributed by atoms with E-state index in [-0.39, 0.29) is 11.1 Å². The summed E-state index contributed by atoms with van der Waals surface area (Å²) in [6, 6.07) is 6.36. The second-order valence-electron chi connectivity index (χ2n) is 7.67. The lowest BCUT2D eigenvalue weighted by Crippen LogP contribution is -2.17. The Balaban J connectivity index is 1.73. The highest BCUT2D eigenvalue weighted by Gasteiger charge is 2.32. The Bertz CT molecular complexity index is 915. The highest BCUT2D eigenvalue weighted by atomic mass is 19.4. The Morgan fingerprint density at radius 1 is 0.967 bits per heavy atom. The molecule has 6 heteroatoms. The van der Waals surface area contributed by atoms with Crippen LogP contribution in [0.4, 0.5) is 22.0 Å². The van der Waals surface area contributed by atoms with Gasteiger partial charge in [-0.1, -0.05) is 62.5 Å². The first-order chi connectivity index (χ1) is 14.3. The minimum Gasteiger partial charge on any atom is -0.403 e. The average Bonchev–Trinajstić information content (AvgIpc) is 2.69. The van der Waals surface area contributed by atoms with Crippen LogP contribution < -0.4 is 4.74 Å². The number of ether oxygens (including phenoxy) is 1. The molecular weight excluding hydrogens is 399 g/mol. The zero-order chi connectivity index (χ0) is 21.7. The van der Waals surface area contributed by atoms with Crippen LogP contribution in [0.3, 0.4) is 0 Å². The number of unbranched alkanes of at least 4 members (excludes halogenated alkanes) is 4. The maximum atomic E-state index is 15.1. The molecule has 0 aromatic heterocycles. The lowest BCUT2D eigenvalue weighted by atomic mass is 9.86. The first kappa shape index (κ1) is 22.3. The van der Waals surface area contributed by atoms with Gasteiger partial charge in [0.25, 0.3) is 0 Å². The van der Waals surface area contributed by atoms with Crippen molar-refractivity contribution in [2.24, 2.45) is 0 Å². The van der Waals surface area contributed by atoms with Crippen molar-refractivity contribution in [3.63, 3.8) is 0 Å². The number of benzene rings is 2. The minimum absolute atomic E-state index is 0.169. The van der Waals surface area contributed by atoms with E-state index in [0.717, 1.165) is 30.5 Å². The molecule has 0 aliphatic heterocycles. The van der Waals surface area contributed by atoms with Crippen molar-refractivity contribution in [3.8, 4) is 16.9 Å². The Morgan fingerprint density at radius 2 is 1.73 bits per heavy atom. The summed E-state index contributed by atoms with van der Waals surface area (Å²) in [6.07, 6.45) is 5.29. The van der Waals surface area contributed by atoms with Crippen molar-refractivity contribution >= 4 is 0 Å². The van der Waals surface area contributed by atoms with Crippen LogP contribution in [0, 0.1) is 11.6 Å². The van der Waals surface area contributed by atoms with E-state index < -0.39 is 23.7 Å². The molecule has 0 bridgehead atoms. The summed E-state index contributed by atoms with van der Waals surface area (Å²) in [4.78, 5) is 0. The van der Waals surface area contributed by atoms with Gasteiger partial charge >= 0.3 is 6.36 Å². The Labute approximate surface area is 173 Å². The first-order valence-electron chi connectivity index (χ1n) is 10.3. The van der Waals surface area contributed by atoms with Gasteiger partial charge < -0.3 is 4.74 Å². The van der Waals surface area contributed by atoms with Gasteiger partial charge in [-0.15, -0.1) is 13.2 Å². The van der Waals surface area contributed by atoms with Crippen molar-refractivity contribution < 1.29 is 26.7 Å². The lowest BCUT2D eigenvalue weighted by Gasteiger charge is -2.20. The molecule has 3 rings (SSSR count). The lowest BCUT2D eigenvalue weighted by molar-refractivity contribution is -0.275. The van der Waals surface area contributed by atoms with Crippen molar-refractivity contribution in [3.05, 3.63) is 64.7 Å². The molecule has 162 valence electrons. The summed E-state index contributed by atoms with van der Waals surface area (Å²) in [5, 5.41) is 0. The third kappa shape index (κ3) is 5.61. The molecule has 0 radical (unpaired) electrons. The highest BCUT2D eigenvalue weighted by Crippen LogP contribution is 2.34. The van der Waals surface area contributed by atoms with Gasteiger partial charge in [-0.25, -0.2) is 8.78 Å². The molecule has 1 nitrogen and oxygen atoms in total. The monoisotopic (exact) mass is 424 g/mol. The molecule has 1 aliphatic rings. The van der Waals surface area contributed by atoms with E-state index in [9.17, 15) is 17.6 Å². The fourth-order valence-corrected chi connectivity index (χ4v) is 3.86. The number of alkyl halides is 3. The van der Waals surface area contributed by atoms with Gasteiger partial charge in [0.2, 0.25) is 0 Å². The van der Waals surface area contributed by atoms with Crippen LogP contribution in [0.1, 0.15) is 56.6 Å². The van der Waals surface area contributed by atoms with Crippen LogP contribution in [-0.2, 0) is 12.8 Å². The second kappa shape index (κ2) is 9.63. The number of rotatable bonds is 8. The molecule has 0 amide bonds. The van der Waals surface area contributed by atoms with Gasteiger partial charge in [-0.2, -0.15) is 0 Å². The predicted octanol–water partition coefficient (Wildman–Crippen LogP) is 7.92. The zero-order valence-corrected chi connectivity index (χ0v) is 16.9. The van der Waals surface area contributed by atoms with Crippen LogP contribution in [0.25, 0.3) is 11.1 Å². The van der Waals surface area contributed by atoms with Crippen LogP contribution in [-0.4, -0.2) is 6.36 Å². The number of allylic oxidation sites excluding steroid dienone is 2. The summed E-state index contributed by atoms with van der Waals surface area (Å²) < 4.78 is 69.7. The largest absolute Gasteiger partial charge is 0.573 e. The van der Waals surface area contributed by atoms with E-state index in [0.29, 0.717) is 18.4 Å². The Morgan fingerprint density at radius 3 is 2.43 bits per heavy atom. The number of hydrogen-bond donors (Lipinski definition) is 0. The normalized spacial score (nSPS) is 13.7. The summed E-state index contributed by atoms with van der Waals surface area (Å²) in [6.45, 7) is 2.18. The van der Waals surface area contributed by atoms with Gasteiger partial charge in [0.15, 0.2) is 11.6 Å². The predicted molar refractivity (Wildman–Crippen MR) is 107 cm³/mol. The maximum absolute atomic E-state index is 15.1. The molecule has 0 N–H and O–H groups in total. The minimum atomic E-state index is -4.99. The van der Waals surface area contributed by atoms with Crippen molar-refractivity contribution in [1.82, 2.24) is 0 Å². The topological polar surface area (TPSA) is 9.23 Å². The maximum Gasteiger partial charge on any atom is 0.573 e. The van der Waals surface area contributed by atoms with Crippen LogP contribution >= 0.6 is 0 Å². The fraction of sp³-hybridized carbons (Fsp3) is 0.417. The molecule has 0 saturated heterocycles. The number of hydrogen-bond acceptors (Lipinski definition) is 1. The van der Waals surface area contributed by atoms with E-state index in [2.05, 4.69) is 17.7 Å². The van der Waals surface area contributed by atoms with Crippen molar-refractivity contribution in [1.29, 1.82) is 0 Å². The van der Waals surface area contributed by atoms with E-state index in [1.807, 2.05) is 6.07 Å². The quantitative estimate of drug-likeness (QED) is 0.238. The summed E-state index contributed by atoms with van der Waals surface area (Å²) >= 11 is 0. The molecule has 0 heterocycles. The molecular formula is C24H25F5O. The van der Waals surface area contributed by atoms with E-state index in [1.165, 1.54) is 37.3 Å². The van der Waals surface area contributed by atoms with E-state index in [1.54, 1.807) is 6.07 Å². The molecule has 30 heavy (non-hydrogen) atoms. The molecule has 1 aliphatic carbocycles. The van der Waals surface area contributed by atoms with E-state index >= 15 is 4.39 Å². The standard InChI is InChI=1S/C24H25F5O/c1-2-3-4-5-6-7-16-8-11-19-17(14-16)9-12-20(23(19)26)18-10-13-22(21(25)15-18)30-24(27,28)29/h8-10,12-13,15H,2-7,11,14H2,1H3. The SMILES string of the molecule is CCCCCCCC1=CCc2c(ccc(-c3ccc(OC(F)(F)F)c(F)c3)c2F)C1. The summed E-state index contributed by atoms with van der Waals surface area (Å²) in [5.74, 6) is -2.57. The molecule has 2 aromatic carbocycles. The van der Waals surface area contributed by atoms with Gasteiger partial charge in [0, 0.05) is 5.56 Å². The first-order valence-corrected chi connectivity index (χ1v) is 10.3. The van der Waals surface area contributed by atoms with Gasteiger partial charge in [0.05, 0.1) is 0 Å². The molecule has 0 saturated carbocycles. The van der Waals surface area contributed by atoms with Gasteiger partial charge in [0.1, 0.15) is 5.82 Å². The third-order valence-electron chi connectivity index (χ3n) is 5.42. The third-order valence-corrected chi connectivity index (χ3v) is 5.42. The van der Waals surface area contributed by atoms with Crippen LogP contribution in [0.2, 0.25) is 0 Å². The van der Waals surface area contributed by atoms with Crippen molar-refractivity contribution in [2.45, 2.75) is 64.7 Å². The Hall–Kier alpha value is -2.37. The second-order valence-corrected chi connectivity index (χ2v) is 7.67. The average molecular weight is 424 g/mol. The van der Waals surface area contributed by atoms with Crippen molar-refractivity contribution in [2.75, 3.05) is 0 Å². The van der Waals surface area contributed by atoms with Crippen LogP contribution in [0.15, 0.2) is 42.0 Å². The van der Waals surface area contributed by atoms with Crippen LogP contribution in [0.5, 0.6) is 5.75 Å². The number of halogens is 5. The summed E-state index contributed by atoms with van der Waals surface area (Å²) in [7, 11) is 0. The zero-order valence-electron chi connectivity index (χ0n) is 16.9. The smallest absolute Gasteiger partial charge is 0.403 e. The van der Waals surface area contributed by atoms with Gasteiger partial charge in [-0.3, -0.25) is 0 Å². The fourth-order valence-electron chi connectivity index (χ4n) is 3.86. The summed E-state index contributed by atoms with van der Waals surface area (Å²) in [5.41, 5.74) is 3.14. The molecule has 0 fully saturated rings. The molecule has 0 spiro atoms. The van der Waals surface area contributed by atoms with E-state index in [4.69, 9.17) is 0 Å².